The van der Waals surface area contributed by atoms with Crippen molar-refractivity contribution in [2.24, 2.45) is 4.99 Å². The van der Waals surface area contributed by atoms with E-state index >= 15 is 0 Å². The maximum absolute atomic E-state index is 6.11. The second-order valence-corrected chi connectivity index (χ2v) is 5.27. The largest absolute Gasteiger partial charge is 0.397 e. The molecular weight excluding hydrogens is 266 g/mol. The Morgan fingerprint density at radius 2 is 2.33 bits per heavy atom. The number of nitrogens with two attached hydrogens (primary N) is 1. The summed E-state index contributed by atoms with van der Waals surface area (Å²) in [5.41, 5.74) is 9.04. The lowest BCUT2D eigenvalue weighted by molar-refractivity contribution is 0.601. The quantitative estimate of drug-likeness (QED) is 0.479. The van der Waals surface area contributed by atoms with Gasteiger partial charge in [0.25, 0.3) is 0 Å². The van der Waals surface area contributed by atoms with Crippen LogP contribution < -0.4 is 16.4 Å². The fourth-order valence-corrected chi connectivity index (χ4v) is 2.71. The number of H-pyrrole nitrogens is 1. The minimum absolute atomic E-state index is 0.264. The van der Waals surface area contributed by atoms with Gasteiger partial charge in [-0.1, -0.05) is 6.42 Å². The Kier molecular flexibility index (Phi) is 4.01. The highest BCUT2D eigenvalue weighted by atomic mass is 15.0. The summed E-state index contributed by atoms with van der Waals surface area (Å²) in [6.07, 6.45) is 6.76. The van der Waals surface area contributed by atoms with E-state index in [0.29, 0.717) is 11.3 Å². The third-order valence-electron chi connectivity index (χ3n) is 3.79. The van der Waals surface area contributed by atoms with Gasteiger partial charge in [-0.15, -0.1) is 0 Å². The van der Waals surface area contributed by atoms with Crippen molar-refractivity contribution < 1.29 is 0 Å². The molecule has 7 nitrogen and oxygen atoms in total. The highest BCUT2D eigenvalue weighted by molar-refractivity contribution is 6.11. The summed E-state index contributed by atoms with van der Waals surface area (Å²) in [5.74, 6) is 0.790. The van der Waals surface area contributed by atoms with Gasteiger partial charge in [0, 0.05) is 13.6 Å². The zero-order chi connectivity index (χ0) is 14.7. The maximum atomic E-state index is 6.11. The first-order valence-corrected chi connectivity index (χ1v) is 7.34. The molecule has 1 aliphatic rings. The van der Waals surface area contributed by atoms with Gasteiger partial charge in [0.1, 0.15) is 5.84 Å². The van der Waals surface area contributed by atoms with Crippen LogP contribution in [-0.2, 0) is 0 Å². The molecule has 2 aromatic heterocycles. The molecule has 1 unspecified atom stereocenters. The standard InChI is InChI=1S/C14H21N7/c1-16-13(21-9-4-2-3-5-17-6-9)11-10(15)7-18-14-12(11)19-8-20-14/h7-9,17H,2-6,15H2,1H3,(H,16,21)(H,18,19,20). The number of pyridine rings is 1. The summed E-state index contributed by atoms with van der Waals surface area (Å²) in [5, 5.41) is 6.60. The Morgan fingerprint density at radius 3 is 3.19 bits per heavy atom. The lowest BCUT2D eigenvalue weighted by Crippen LogP contribution is -2.28. The lowest BCUT2D eigenvalue weighted by Gasteiger charge is -2.14. The predicted molar refractivity (Wildman–Crippen MR) is 84.4 cm³/mol. The predicted octanol–water partition coefficient (Wildman–Crippen LogP) is 0.648. The molecule has 0 radical (unpaired) electrons. The van der Waals surface area contributed by atoms with Gasteiger partial charge < -0.3 is 21.4 Å². The van der Waals surface area contributed by atoms with Crippen molar-refractivity contribution in [3.8, 4) is 0 Å². The van der Waals surface area contributed by atoms with E-state index in [2.05, 4.69) is 25.6 Å². The Labute approximate surface area is 123 Å². The minimum Gasteiger partial charge on any atom is -0.397 e. The average Bonchev–Trinajstić information content (AvgIpc) is 2.81. The van der Waals surface area contributed by atoms with Crippen LogP contribution in [0, 0.1) is 0 Å². The molecule has 1 aliphatic heterocycles. The van der Waals surface area contributed by atoms with Crippen LogP contribution in [0.1, 0.15) is 24.8 Å². The number of fused-ring (bicyclic) bond motifs is 1. The van der Waals surface area contributed by atoms with E-state index in [-0.39, 0.29) is 6.04 Å². The van der Waals surface area contributed by atoms with E-state index in [1.807, 2.05) is 7.05 Å². The van der Waals surface area contributed by atoms with Crippen molar-refractivity contribution in [2.75, 3.05) is 25.9 Å². The number of anilines is 1. The molecule has 0 spiro atoms. The zero-order valence-electron chi connectivity index (χ0n) is 12.2. The molecule has 5 N–H and O–H groups in total. The Morgan fingerprint density at radius 1 is 1.43 bits per heavy atom. The molecule has 0 bridgehead atoms. The van der Waals surface area contributed by atoms with Gasteiger partial charge in [0.2, 0.25) is 0 Å². The van der Waals surface area contributed by atoms with Crippen molar-refractivity contribution in [1.82, 2.24) is 25.6 Å². The van der Waals surface area contributed by atoms with Gasteiger partial charge in [-0.3, -0.25) is 4.99 Å². The Bertz CT molecular complexity index is 638. The molecule has 2 aromatic rings. The number of rotatable bonds is 2. The van der Waals surface area contributed by atoms with Crippen LogP contribution in [0.4, 0.5) is 5.69 Å². The third kappa shape index (κ3) is 2.82. The summed E-state index contributed by atoms with van der Waals surface area (Å²) in [7, 11) is 1.87. The number of hydrogen-bond acceptors (Lipinski definition) is 5. The van der Waals surface area contributed by atoms with E-state index in [1.165, 1.54) is 12.8 Å². The van der Waals surface area contributed by atoms with Crippen molar-refractivity contribution in [3.63, 3.8) is 0 Å². The number of aromatic amines is 1. The molecule has 3 rings (SSSR count). The minimum atomic E-state index is 0.264. The molecule has 0 saturated carbocycles. The van der Waals surface area contributed by atoms with Gasteiger partial charge in [-0.05, 0) is 19.4 Å². The van der Waals surface area contributed by atoms with E-state index in [9.17, 15) is 0 Å². The number of amidine groups is 1. The van der Waals surface area contributed by atoms with Crippen LogP contribution >= 0.6 is 0 Å². The zero-order valence-corrected chi connectivity index (χ0v) is 12.2. The van der Waals surface area contributed by atoms with Crippen LogP contribution in [0.15, 0.2) is 17.5 Å². The van der Waals surface area contributed by atoms with E-state index in [4.69, 9.17) is 10.7 Å². The number of nitrogen functional groups attached to an aromatic ring is 1. The van der Waals surface area contributed by atoms with Crippen molar-refractivity contribution in [3.05, 3.63) is 18.1 Å². The van der Waals surface area contributed by atoms with E-state index < -0.39 is 0 Å². The molecule has 3 heterocycles. The Balaban J connectivity index is 2.00. The second kappa shape index (κ2) is 6.09. The first-order valence-electron chi connectivity index (χ1n) is 7.34. The third-order valence-corrected chi connectivity index (χ3v) is 3.79. The molecule has 1 atom stereocenters. The Hall–Kier alpha value is -2.15. The SMILES string of the molecule is CNC(=NC1CCCCNC1)c1c(N)cnc2nc[nH]c12. The summed E-state index contributed by atoms with van der Waals surface area (Å²) >= 11 is 0. The van der Waals surface area contributed by atoms with Crippen molar-refractivity contribution in [1.29, 1.82) is 0 Å². The average molecular weight is 287 g/mol. The van der Waals surface area contributed by atoms with Crippen LogP contribution in [0.5, 0.6) is 0 Å². The fraction of sp³-hybridized carbons (Fsp3) is 0.500. The molecule has 0 aliphatic carbocycles. The molecule has 0 amide bonds. The highest BCUT2D eigenvalue weighted by Crippen LogP contribution is 2.20. The topological polar surface area (TPSA) is 104 Å². The first kappa shape index (κ1) is 13.8. The van der Waals surface area contributed by atoms with Gasteiger partial charge in [-0.25, -0.2) is 9.97 Å². The smallest absolute Gasteiger partial charge is 0.178 e. The number of imidazole rings is 1. The molecule has 21 heavy (non-hydrogen) atoms. The van der Waals surface area contributed by atoms with E-state index in [1.54, 1.807) is 12.5 Å². The van der Waals surface area contributed by atoms with Crippen LogP contribution in [0.25, 0.3) is 11.2 Å². The summed E-state index contributed by atoms with van der Waals surface area (Å²) in [6.45, 7) is 1.98. The number of hydrogen-bond donors (Lipinski definition) is 4. The summed E-state index contributed by atoms with van der Waals surface area (Å²) in [4.78, 5) is 16.4. The van der Waals surface area contributed by atoms with Crippen LogP contribution in [0.3, 0.4) is 0 Å². The second-order valence-electron chi connectivity index (χ2n) is 5.27. The van der Waals surface area contributed by atoms with E-state index in [0.717, 1.165) is 36.4 Å². The van der Waals surface area contributed by atoms with Crippen LogP contribution in [-0.4, -0.2) is 47.0 Å². The van der Waals surface area contributed by atoms with Gasteiger partial charge in [0.15, 0.2) is 5.65 Å². The van der Waals surface area contributed by atoms with Crippen molar-refractivity contribution >= 4 is 22.7 Å². The van der Waals surface area contributed by atoms with Crippen molar-refractivity contribution in [2.45, 2.75) is 25.3 Å². The lowest BCUT2D eigenvalue weighted by atomic mass is 10.1. The summed E-state index contributed by atoms with van der Waals surface area (Å²) < 4.78 is 0. The monoisotopic (exact) mass is 287 g/mol. The summed E-state index contributed by atoms with van der Waals surface area (Å²) in [6, 6.07) is 0.264. The number of nitrogens with one attached hydrogen (secondary N) is 3. The first-order chi connectivity index (χ1) is 10.3. The molecule has 1 saturated heterocycles. The van der Waals surface area contributed by atoms with Gasteiger partial charge >= 0.3 is 0 Å². The van der Waals surface area contributed by atoms with Gasteiger partial charge in [-0.2, -0.15) is 0 Å². The maximum Gasteiger partial charge on any atom is 0.178 e. The molecule has 112 valence electrons. The molecule has 7 heteroatoms. The fourth-order valence-electron chi connectivity index (χ4n) is 2.71. The normalized spacial score (nSPS) is 20.4. The number of aromatic nitrogens is 3. The number of nitrogens with zero attached hydrogens (tertiary/aromatic N) is 3. The molecular formula is C14H21N7. The highest BCUT2D eigenvalue weighted by Gasteiger charge is 2.17. The number of aliphatic imine (C=N–C) groups is 1. The van der Waals surface area contributed by atoms with Gasteiger partial charge in [0.05, 0.1) is 35.3 Å². The molecule has 1 fully saturated rings. The molecule has 0 aromatic carbocycles. The van der Waals surface area contributed by atoms with Crippen LogP contribution in [0.2, 0.25) is 0 Å².